The fourth-order valence-electron chi connectivity index (χ4n) is 2.08. The maximum absolute atomic E-state index is 12.0. The van der Waals surface area contributed by atoms with Crippen LogP contribution in [0.15, 0.2) is 34.3 Å². The van der Waals surface area contributed by atoms with E-state index in [1.165, 1.54) is 11.3 Å². The SMILES string of the molecule is Cc1ccc2occ(CC(=O)Nc3nc(C)cs3)c2c1. The van der Waals surface area contributed by atoms with Crippen molar-refractivity contribution >= 4 is 33.3 Å². The number of nitrogens with one attached hydrogen (secondary N) is 1. The highest BCUT2D eigenvalue weighted by Crippen LogP contribution is 2.23. The van der Waals surface area contributed by atoms with Crippen LogP contribution in [-0.2, 0) is 11.2 Å². The summed E-state index contributed by atoms with van der Waals surface area (Å²) in [6.45, 7) is 3.92. The molecule has 0 bridgehead atoms. The average Bonchev–Trinajstić information content (AvgIpc) is 2.97. The van der Waals surface area contributed by atoms with E-state index in [2.05, 4.69) is 10.3 Å². The van der Waals surface area contributed by atoms with E-state index in [4.69, 9.17) is 4.42 Å². The molecule has 102 valence electrons. The number of rotatable bonds is 3. The van der Waals surface area contributed by atoms with Crippen LogP contribution in [0.3, 0.4) is 0 Å². The second kappa shape index (κ2) is 5.09. The molecule has 3 rings (SSSR count). The number of hydrogen-bond acceptors (Lipinski definition) is 4. The second-order valence-electron chi connectivity index (χ2n) is 4.78. The molecule has 0 aliphatic heterocycles. The van der Waals surface area contributed by atoms with Gasteiger partial charge in [0.1, 0.15) is 5.58 Å². The number of thiazole rings is 1. The number of aryl methyl sites for hydroxylation is 2. The third-order valence-corrected chi connectivity index (χ3v) is 3.90. The van der Waals surface area contributed by atoms with Gasteiger partial charge in [-0.15, -0.1) is 11.3 Å². The second-order valence-corrected chi connectivity index (χ2v) is 5.64. The normalized spacial score (nSPS) is 10.9. The zero-order valence-electron chi connectivity index (χ0n) is 11.3. The molecule has 5 heteroatoms. The van der Waals surface area contributed by atoms with Crippen LogP contribution in [0.2, 0.25) is 0 Å². The molecule has 4 nitrogen and oxygen atoms in total. The molecule has 1 aromatic carbocycles. The first-order chi connectivity index (χ1) is 9.61. The zero-order valence-corrected chi connectivity index (χ0v) is 12.1. The molecule has 0 radical (unpaired) electrons. The highest BCUT2D eigenvalue weighted by atomic mass is 32.1. The molecule has 20 heavy (non-hydrogen) atoms. The van der Waals surface area contributed by atoms with Crippen molar-refractivity contribution < 1.29 is 9.21 Å². The largest absolute Gasteiger partial charge is 0.464 e. The maximum Gasteiger partial charge on any atom is 0.230 e. The number of nitrogens with zero attached hydrogens (tertiary/aromatic N) is 1. The number of carbonyl (C=O) groups is 1. The molecule has 0 aliphatic carbocycles. The predicted octanol–water partition coefficient (Wildman–Crippen LogP) is 3.69. The zero-order chi connectivity index (χ0) is 14.1. The van der Waals surface area contributed by atoms with E-state index in [0.717, 1.165) is 27.8 Å². The lowest BCUT2D eigenvalue weighted by Gasteiger charge is -2.00. The quantitative estimate of drug-likeness (QED) is 0.799. The third-order valence-electron chi connectivity index (χ3n) is 3.03. The van der Waals surface area contributed by atoms with E-state index in [1.54, 1.807) is 6.26 Å². The Morgan fingerprint density at radius 1 is 1.40 bits per heavy atom. The summed E-state index contributed by atoms with van der Waals surface area (Å²) in [5.74, 6) is -0.0800. The molecular weight excluding hydrogens is 272 g/mol. The topological polar surface area (TPSA) is 55.1 Å². The fourth-order valence-corrected chi connectivity index (χ4v) is 2.78. The smallest absolute Gasteiger partial charge is 0.230 e. The van der Waals surface area contributed by atoms with Crippen molar-refractivity contribution in [1.82, 2.24) is 4.98 Å². The molecule has 1 N–H and O–H groups in total. The number of carbonyl (C=O) groups excluding carboxylic acids is 1. The van der Waals surface area contributed by atoms with Crippen LogP contribution in [0, 0.1) is 13.8 Å². The van der Waals surface area contributed by atoms with Gasteiger partial charge in [0.2, 0.25) is 5.91 Å². The summed E-state index contributed by atoms with van der Waals surface area (Å²) < 4.78 is 5.47. The fraction of sp³-hybridized carbons (Fsp3) is 0.200. The predicted molar refractivity (Wildman–Crippen MR) is 80.1 cm³/mol. The number of anilines is 1. The third kappa shape index (κ3) is 2.58. The number of benzene rings is 1. The van der Waals surface area contributed by atoms with Gasteiger partial charge in [0, 0.05) is 16.3 Å². The Bertz CT molecular complexity index is 773. The van der Waals surface area contributed by atoms with Gasteiger partial charge in [-0.3, -0.25) is 4.79 Å². The van der Waals surface area contributed by atoms with E-state index < -0.39 is 0 Å². The first kappa shape index (κ1) is 12.9. The van der Waals surface area contributed by atoms with Gasteiger partial charge in [-0.25, -0.2) is 4.98 Å². The van der Waals surface area contributed by atoms with Gasteiger partial charge >= 0.3 is 0 Å². The van der Waals surface area contributed by atoms with Gasteiger partial charge in [-0.2, -0.15) is 0 Å². The molecule has 0 spiro atoms. The Balaban J connectivity index is 1.79. The van der Waals surface area contributed by atoms with Gasteiger partial charge < -0.3 is 9.73 Å². The number of hydrogen-bond donors (Lipinski definition) is 1. The molecule has 2 aromatic heterocycles. The number of furan rings is 1. The van der Waals surface area contributed by atoms with Crippen molar-refractivity contribution in [3.8, 4) is 0 Å². The van der Waals surface area contributed by atoms with E-state index in [1.807, 2.05) is 37.4 Å². The van der Waals surface area contributed by atoms with Crippen LogP contribution >= 0.6 is 11.3 Å². The average molecular weight is 286 g/mol. The molecule has 0 unspecified atom stereocenters. The summed E-state index contributed by atoms with van der Waals surface area (Å²) in [4.78, 5) is 16.3. The van der Waals surface area contributed by atoms with E-state index in [-0.39, 0.29) is 12.3 Å². The molecule has 0 saturated heterocycles. The first-order valence-corrected chi connectivity index (χ1v) is 7.18. The molecule has 3 aromatic rings. The lowest BCUT2D eigenvalue weighted by atomic mass is 10.1. The highest BCUT2D eigenvalue weighted by Gasteiger charge is 2.11. The molecular formula is C15H14N2O2S. The molecule has 2 heterocycles. The van der Waals surface area contributed by atoms with Crippen molar-refractivity contribution in [2.24, 2.45) is 0 Å². The highest BCUT2D eigenvalue weighted by molar-refractivity contribution is 7.13. The Hall–Kier alpha value is -2.14. The number of aromatic nitrogens is 1. The molecule has 0 saturated carbocycles. The lowest BCUT2D eigenvalue weighted by molar-refractivity contribution is -0.115. The van der Waals surface area contributed by atoms with Gasteiger partial charge in [-0.1, -0.05) is 11.6 Å². The summed E-state index contributed by atoms with van der Waals surface area (Å²) >= 11 is 1.43. The monoisotopic (exact) mass is 286 g/mol. The first-order valence-electron chi connectivity index (χ1n) is 6.30. The van der Waals surface area contributed by atoms with E-state index in [0.29, 0.717) is 5.13 Å². The lowest BCUT2D eigenvalue weighted by Crippen LogP contribution is -2.13. The Morgan fingerprint density at radius 3 is 3.00 bits per heavy atom. The van der Waals surface area contributed by atoms with Crippen molar-refractivity contribution in [3.05, 3.63) is 46.7 Å². The summed E-state index contributed by atoms with van der Waals surface area (Å²) in [5.41, 5.74) is 3.77. The van der Waals surface area contributed by atoms with Crippen molar-refractivity contribution in [1.29, 1.82) is 0 Å². The minimum absolute atomic E-state index is 0.0800. The molecule has 0 atom stereocenters. The van der Waals surface area contributed by atoms with Gasteiger partial charge in [-0.05, 0) is 26.0 Å². The van der Waals surface area contributed by atoms with E-state index >= 15 is 0 Å². The standard InChI is InChI=1S/C15H14N2O2S/c1-9-3-4-13-12(5-9)11(7-19-13)6-14(18)17-15-16-10(2)8-20-15/h3-5,7-8H,6H2,1-2H3,(H,16,17,18). The summed E-state index contributed by atoms with van der Waals surface area (Å²) in [7, 11) is 0. The number of fused-ring (bicyclic) bond motifs is 1. The van der Waals surface area contributed by atoms with E-state index in [9.17, 15) is 4.79 Å². The Labute approximate surface area is 120 Å². The summed E-state index contributed by atoms with van der Waals surface area (Å²) in [6.07, 6.45) is 1.94. The van der Waals surface area contributed by atoms with Crippen LogP contribution in [0.1, 0.15) is 16.8 Å². The van der Waals surface area contributed by atoms with Crippen LogP contribution in [0.5, 0.6) is 0 Å². The minimum atomic E-state index is -0.0800. The van der Waals surface area contributed by atoms with Crippen LogP contribution in [-0.4, -0.2) is 10.9 Å². The van der Waals surface area contributed by atoms with Gasteiger partial charge in [0.15, 0.2) is 5.13 Å². The Kier molecular flexibility index (Phi) is 3.28. The van der Waals surface area contributed by atoms with Crippen molar-refractivity contribution in [2.75, 3.05) is 5.32 Å². The summed E-state index contributed by atoms with van der Waals surface area (Å²) in [6, 6.07) is 5.96. The molecule has 1 amide bonds. The number of amides is 1. The minimum Gasteiger partial charge on any atom is -0.464 e. The van der Waals surface area contributed by atoms with Gasteiger partial charge in [0.05, 0.1) is 18.4 Å². The summed E-state index contributed by atoms with van der Waals surface area (Å²) in [5, 5.41) is 6.35. The maximum atomic E-state index is 12.0. The van der Waals surface area contributed by atoms with Crippen LogP contribution in [0.25, 0.3) is 11.0 Å². The van der Waals surface area contributed by atoms with Crippen LogP contribution in [0.4, 0.5) is 5.13 Å². The van der Waals surface area contributed by atoms with Crippen molar-refractivity contribution in [3.63, 3.8) is 0 Å². The van der Waals surface area contributed by atoms with Crippen LogP contribution < -0.4 is 5.32 Å². The van der Waals surface area contributed by atoms with Gasteiger partial charge in [0.25, 0.3) is 0 Å². The molecule has 0 aliphatic rings. The van der Waals surface area contributed by atoms with Crippen molar-refractivity contribution in [2.45, 2.75) is 20.3 Å². The molecule has 0 fully saturated rings. The Morgan fingerprint density at radius 2 is 2.25 bits per heavy atom.